The average Bonchev–Trinajstić information content (AvgIpc) is 2.30. The third-order valence-electron chi connectivity index (χ3n) is 2.49. The minimum absolute atomic E-state index is 0.0144. The summed E-state index contributed by atoms with van der Waals surface area (Å²) >= 11 is 0. The van der Waals surface area contributed by atoms with E-state index in [0.717, 1.165) is 18.3 Å². The zero-order chi connectivity index (χ0) is 15.2. The zero-order valence-electron chi connectivity index (χ0n) is 12.1. The number of phenols is 1. The molecule has 0 aromatic heterocycles. The van der Waals surface area contributed by atoms with Crippen molar-refractivity contribution in [3.05, 3.63) is 23.8 Å². The van der Waals surface area contributed by atoms with Crippen molar-refractivity contribution in [2.24, 2.45) is 0 Å². The van der Waals surface area contributed by atoms with Gasteiger partial charge in [0.2, 0.25) is 0 Å². The average molecular weight is 279 g/mol. The van der Waals surface area contributed by atoms with Crippen molar-refractivity contribution in [3.8, 4) is 5.75 Å². The number of amides is 1. The highest BCUT2D eigenvalue weighted by Gasteiger charge is 2.17. The highest BCUT2D eigenvalue weighted by atomic mass is 16.6. The van der Waals surface area contributed by atoms with Crippen molar-refractivity contribution in [1.82, 2.24) is 0 Å². The van der Waals surface area contributed by atoms with Gasteiger partial charge in [-0.15, -0.1) is 0 Å². The Morgan fingerprint density at radius 3 is 2.65 bits per heavy atom. The van der Waals surface area contributed by atoms with Crippen LogP contribution in [0.4, 0.5) is 10.5 Å². The smallest absolute Gasteiger partial charge is 0.412 e. The molecule has 5 heteroatoms. The number of unbranched alkanes of at least 4 members (excludes halogenated alkanes) is 1. The monoisotopic (exact) mass is 279 g/mol. The molecule has 1 aromatic rings. The van der Waals surface area contributed by atoms with Crippen LogP contribution in [0.2, 0.25) is 0 Å². The highest BCUT2D eigenvalue weighted by Crippen LogP contribution is 2.25. The van der Waals surface area contributed by atoms with Crippen LogP contribution >= 0.6 is 0 Å². The van der Waals surface area contributed by atoms with E-state index < -0.39 is 11.7 Å². The van der Waals surface area contributed by atoms with E-state index in [1.54, 1.807) is 39.0 Å². The summed E-state index contributed by atoms with van der Waals surface area (Å²) in [5, 5.41) is 12.3. The van der Waals surface area contributed by atoms with Crippen molar-refractivity contribution in [1.29, 1.82) is 0 Å². The SMILES string of the molecule is CC(C)(C)OC(=O)Nc1ccc(CCCC=O)cc1O. The predicted molar refractivity (Wildman–Crippen MR) is 77.0 cm³/mol. The third kappa shape index (κ3) is 5.73. The summed E-state index contributed by atoms with van der Waals surface area (Å²) < 4.78 is 5.11. The van der Waals surface area contributed by atoms with Crippen LogP contribution in [0.5, 0.6) is 5.75 Å². The first-order valence-corrected chi connectivity index (χ1v) is 6.57. The molecule has 20 heavy (non-hydrogen) atoms. The molecule has 0 fully saturated rings. The van der Waals surface area contributed by atoms with Crippen LogP contribution in [0.15, 0.2) is 18.2 Å². The molecule has 0 unspecified atom stereocenters. The number of aromatic hydroxyl groups is 1. The fourth-order valence-corrected chi connectivity index (χ4v) is 1.64. The molecule has 1 amide bonds. The molecular weight excluding hydrogens is 258 g/mol. The number of phenolic OH excluding ortho intramolecular Hbond substituents is 1. The molecule has 0 heterocycles. The Bertz CT molecular complexity index is 477. The Kier molecular flexibility index (Phi) is 5.55. The van der Waals surface area contributed by atoms with Crippen LogP contribution in [-0.2, 0) is 16.0 Å². The van der Waals surface area contributed by atoms with Crippen molar-refractivity contribution in [3.63, 3.8) is 0 Å². The molecule has 0 atom stereocenters. The lowest BCUT2D eigenvalue weighted by Crippen LogP contribution is -2.27. The fraction of sp³-hybridized carbons (Fsp3) is 0.467. The van der Waals surface area contributed by atoms with Gasteiger partial charge in [-0.2, -0.15) is 0 Å². The number of hydrogen-bond acceptors (Lipinski definition) is 4. The number of rotatable bonds is 5. The number of carbonyl (C=O) groups is 2. The number of nitrogens with one attached hydrogen (secondary N) is 1. The van der Waals surface area contributed by atoms with E-state index in [1.807, 2.05) is 0 Å². The van der Waals surface area contributed by atoms with Gasteiger partial charge in [0.05, 0.1) is 5.69 Å². The van der Waals surface area contributed by atoms with E-state index in [9.17, 15) is 14.7 Å². The molecule has 1 aromatic carbocycles. The van der Waals surface area contributed by atoms with E-state index in [0.29, 0.717) is 18.5 Å². The first-order chi connectivity index (χ1) is 9.31. The number of carbonyl (C=O) groups excluding carboxylic acids is 2. The topological polar surface area (TPSA) is 75.6 Å². The highest BCUT2D eigenvalue weighted by molar-refractivity contribution is 5.86. The molecule has 0 aliphatic carbocycles. The normalized spacial score (nSPS) is 10.9. The maximum absolute atomic E-state index is 11.6. The Balaban J connectivity index is 2.64. The van der Waals surface area contributed by atoms with E-state index in [1.165, 1.54) is 0 Å². The summed E-state index contributed by atoms with van der Waals surface area (Å²) in [7, 11) is 0. The van der Waals surface area contributed by atoms with Crippen LogP contribution < -0.4 is 5.32 Å². The van der Waals surface area contributed by atoms with Crippen molar-refractivity contribution in [2.75, 3.05) is 5.32 Å². The molecule has 0 saturated carbocycles. The number of aldehydes is 1. The lowest BCUT2D eigenvalue weighted by Gasteiger charge is -2.20. The number of aryl methyl sites for hydroxylation is 1. The summed E-state index contributed by atoms with van der Waals surface area (Å²) in [5.74, 6) is -0.0144. The maximum Gasteiger partial charge on any atom is 0.412 e. The van der Waals surface area contributed by atoms with E-state index in [4.69, 9.17) is 4.74 Å². The van der Waals surface area contributed by atoms with Crippen LogP contribution in [0.3, 0.4) is 0 Å². The van der Waals surface area contributed by atoms with Gasteiger partial charge in [-0.1, -0.05) is 6.07 Å². The van der Waals surface area contributed by atoms with Crippen molar-refractivity contribution >= 4 is 18.1 Å². The molecular formula is C15H21NO4. The molecule has 0 bridgehead atoms. The summed E-state index contributed by atoms with van der Waals surface area (Å²) in [4.78, 5) is 21.8. The Morgan fingerprint density at radius 1 is 1.40 bits per heavy atom. The van der Waals surface area contributed by atoms with Crippen LogP contribution in [0.1, 0.15) is 39.2 Å². The van der Waals surface area contributed by atoms with Gasteiger partial charge in [0.25, 0.3) is 0 Å². The second-order valence-electron chi connectivity index (χ2n) is 5.54. The Labute approximate surface area is 118 Å². The summed E-state index contributed by atoms with van der Waals surface area (Å²) in [6.07, 6.45) is 2.21. The quantitative estimate of drug-likeness (QED) is 0.493. The van der Waals surface area contributed by atoms with Gasteiger partial charge in [0, 0.05) is 6.42 Å². The standard InChI is InChI=1S/C15H21NO4/c1-15(2,3)20-14(19)16-12-8-7-11(10-13(12)18)6-4-5-9-17/h7-10,18H,4-6H2,1-3H3,(H,16,19). The number of hydrogen-bond donors (Lipinski definition) is 2. The molecule has 0 spiro atoms. The van der Waals surface area contributed by atoms with Crippen LogP contribution in [0, 0.1) is 0 Å². The molecule has 2 N–H and O–H groups in total. The predicted octanol–water partition coefficient (Wildman–Crippen LogP) is 3.26. The fourth-order valence-electron chi connectivity index (χ4n) is 1.64. The number of benzene rings is 1. The number of ether oxygens (including phenoxy) is 1. The van der Waals surface area contributed by atoms with Crippen molar-refractivity contribution < 1.29 is 19.4 Å². The lowest BCUT2D eigenvalue weighted by atomic mass is 10.1. The van der Waals surface area contributed by atoms with E-state index in [-0.39, 0.29) is 5.75 Å². The Morgan fingerprint density at radius 2 is 2.10 bits per heavy atom. The van der Waals surface area contributed by atoms with Gasteiger partial charge in [0.15, 0.2) is 0 Å². The van der Waals surface area contributed by atoms with E-state index >= 15 is 0 Å². The molecule has 5 nitrogen and oxygen atoms in total. The number of anilines is 1. The van der Waals surface area contributed by atoms with Gasteiger partial charge < -0.3 is 14.6 Å². The second-order valence-corrected chi connectivity index (χ2v) is 5.54. The second kappa shape index (κ2) is 6.93. The van der Waals surface area contributed by atoms with E-state index in [2.05, 4.69) is 5.32 Å². The zero-order valence-corrected chi connectivity index (χ0v) is 12.1. The molecule has 0 aliphatic rings. The van der Waals surface area contributed by atoms with Gasteiger partial charge in [-0.3, -0.25) is 5.32 Å². The minimum Gasteiger partial charge on any atom is -0.506 e. The largest absolute Gasteiger partial charge is 0.506 e. The first kappa shape index (κ1) is 16.0. The minimum atomic E-state index is -0.610. The van der Waals surface area contributed by atoms with Gasteiger partial charge >= 0.3 is 6.09 Å². The summed E-state index contributed by atoms with van der Waals surface area (Å²) in [6.45, 7) is 5.30. The third-order valence-corrected chi connectivity index (χ3v) is 2.49. The molecule has 1 rings (SSSR count). The summed E-state index contributed by atoms with van der Waals surface area (Å²) in [6, 6.07) is 5.00. The van der Waals surface area contributed by atoms with Crippen LogP contribution in [-0.4, -0.2) is 23.1 Å². The molecule has 0 radical (unpaired) electrons. The molecule has 0 aliphatic heterocycles. The first-order valence-electron chi connectivity index (χ1n) is 6.57. The van der Waals surface area contributed by atoms with Gasteiger partial charge in [-0.05, 0) is 51.3 Å². The Hall–Kier alpha value is -2.04. The maximum atomic E-state index is 11.6. The lowest BCUT2D eigenvalue weighted by molar-refractivity contribution is -0.107. The van der Waals surface area contributed by atoms with Gasteiger partial charge in [0.1, 0.15) is 17.6 Å². The van der Waals surface area contributed by atoms with Crippen LogP contribution in [0.25, 0.3) is 0 Å². The van der Waals surface area contributed by atoms with Crippen molar-refractivity contribution in [2.45, 2.75) is 45.6 Å². The van der Waals surface area contributed by atoms with Gasteiger partial charge in [-0.25, -0.2) is 4.79 Å². The summed E-state index contributed by atoms with van der Waals surface area (Å²) in [5.41, 5.74) is 0.631. The molecule has 110 valence electrons. The molecule has 0 saturated heterocycles.